The summed E-state index contributed by atoms with van der Waals surface area (Å²) in [5.41, 5.74) is 2.01. The van der Waals surface area contributed by atoms with E-state index in [1.54, 1.807) is 20.1 Å². The minimum absolute atomic E-state index is 0.0582. The molecule has 0 radical (unpaired) electrons. The first kappa shape index (κ1) is 16.6. The number of amides is 1. The summed E-state index contributed by atoms with van der Waals surface area (Å²) < 4.78 is 15.7. The molecule has 0 spiro atoms. The number of anilines is 1. The number of aromatic nitrogens is 1. The first-order valence-electron chi connectivity index (χ1n) is 7.24. The van der Waals surface area contributed by atoms with Gasteiger partial charge in [-0.05, 0) is 44.5 Å². The molecule has 0 saturated carbocycles. The quantitative estimate of drug-likeness (QED) is 0.827. The monoisotopic (exact) mass is 316 g/mol. The van der Waals surface area contributed by atoms with Gasteiger partial charge in [-0.2, -0.15) is 0 Å². The molecule has 0 aliphatic rings. The van der Waals surface area contributed by atoms with Gasteiger partial charge in [0.25, 0.3) is 0 Å². The minimum atomic E-state index is -0.266. The van der Waals surface area contributed by atoms with Crippen LogP contribution in [0.5, 0.6) is 11.5 Å². The fourth-order valence-corrected chi connectivity index (χ4v) is 1.90. The summed E-state index contributed by atoms with van der Waals surface area (Å²) in [4.78, 5) is 11.9. The molecule has 0 aliphatic carbocycles. The van der Waals surface area contributed by atoms with Crippen molar-refractivity contribution in [2.24, 2.45) is 0 Å². The molecule has 23 heavy (non-hydrogen) atoms. The van der Waals surface area contributed by atoms with Crippen molar-refractivity contribution in [3.63, 3.8) is 0 Å². The Morgan fingerprint density at radius 1 is 1.35 bits per heavy atom. The second kappa shape index (κ2) is 7.49. The molecule has 122 valence electrons. The molecule has 0 saturated heterocycles. The van der Waals surface area contributed by atoms with E-state index in [-0.39, 0.29) is 12.0 Å². The number of ether oxygens (including phenoxy) is 2. The Hall–Kier alpha value is -2.76. The second-order valence-corrected chi connectivity index (χ2v) is 5.21. The Morgan fingerprint density at radius 2 is 2.13 bits per heavy atom. The Kier molecular flexibility index (Phi) is 5.41. The van der Waals surface area contributed by atoms with Crippen molar-refractivity contribution in [2.45, 2.75) is 26.9 Å². The predicted octanol–water partition coefficient (Wildman–Crippen LogP) is 3.43. The third-order valence-electron chi connectivity index (χ3n) is 2.99. The zero-order valence-electron chi connectivity index (χ0n) is 13.6. The van der Waals surface area contributed by atoms with Crippen LogP contribution in [0.1, 0.15) is 25.1 Å². The maximum atomic E-state index is 11.9. The van der Waals surface area contributed by atoms with Gasteiger partial charge in [0.1, 0.15) is 17.6 Å². The highest BCUT2D eigenvalue weighted by molar-refractivity contribution is 6.02. The summed E-state index contributed by atoms with van der Waals surface area (Å²) in [6, 6.07) is 5.49. The van der Waals surface area contributed by atoms with Crippen molar-refractivity contribution in [3.8, 4) is 11.5 Å². The third kappa shape index (κ3) is 4.60. The number of benzene rings is 1. The van der Waals surface area contributed by atoms with Gasteiger partial charge in [-0.25, -0.2) is 0 Å². The summed E-state index contributed by atoms with van der Waals surface area (Å²) in [7, 11) is 1.58. The molecule has 1 aromatic carbocycles. The second-order valence-electron chi connectivity index (χ2n) is 5.21. The molecular weight excluding hydrogens is 296 g/mol. The molecule has 0 unspecified atom stereocenters. The maximum absolute atomic E-state index is 11.9. The van der Waals surface area contributed by atoms with E-state index in [0.29, 0.717) is 22.9 Å². The van der Waals surface area contributed by atoms with Crippen molar-refractivity contribution < 1.29 is 18.8 Å². The Balaban J connectivity index is 2.07. The fourth-order valence-electron chi connectivity index (χ4n) is 1.90. The van der Waals surface area contributed by atoms with E-state index in [4.69, 9.17) is 14.0 Å². The van der Waals surface area contributed by atoms with Gasteiger partial charge in [0.05, 0.1) is 13.2 Å². The van der Waals surface area contributed by atoms with Crippen LogP contribution in [0.2, 0.25) is 0 Å². The summed E-state index contributed by atoms with van der Waals surface area (Å²) in [5.74, 6) is 1.03. The topological polar surface area (TPSA) is 73.6 Å². The van der Waals surface area contributed by atoms with Gasteiger partial charge in [0.15, 0.2) is 11.5 Å². The fraction of sp³-hybridized carbons (Fsp3) is 0.294. The van der Waals surface area contributed by atoms with Crippen LogP contribution < -0.4 is 14.8 Å². The van der Waals surface area contributed by atoms with Crippen molar-refractivity contribution >= 4 is 17.7 Å². The van der Waals surface area contributed by atoms with E-state index in [1.807, 2.05) is 32.0 Å². The lowest BCUT2D eigenvalue weighted by atomic mass is 10.2. The average Bonchev–Trinajstić information content (AvgIpc) is 2.91. The zero-order chi connectivity index (χ0) is 16.8. The van der Waals surface area contributed by atoms with Gasteiger partial charge in [0, 0.05) is 6.08 Å². The molecule has 0 aliphatic heterocycles. The largest absolute Gasteiger partial charge is 0.493 e. The molecular formula is C17H20N2O4. The SMILES string of the molecule is COc1cc(/C=C/C(=O)Nc2conc2C)ccc1OC(C)C. The van der Waals surface area contributed by atoms with Gasteiger partial charge in [-0.1, -0.05) is 11.2 Å². The number of nitrogens with one attached hydrogen (secondary N) is 1. The molecule has 1 N–H and O–H groups in total. The first-order valence-corrected chi connectivity index (χ1v) is 7.24. The van der Waals surface area contributed by atoms with Crippen molar-refractivity contribution in [1.29, 1.82) is 0 Å². The smallest absolute Gasteiger partial charge is 0.248 e. The number of rotatable bonds is 6. The van der Waals surface area contributed by atoms with Crippen LogP contribution in [0, 0.1) is 6.92 Å². The van der Waals surface area contributed by atoms with Crippen LogP contribution in [-0.2, 0) is 4.79 Å². The summed E-state index contributed by atoms with van der Waals surface area (Å²) in [6.45, 7) is 5.65. The highest BCUT2D eigenvalue weighted by Gasteiger charge is 2.07. The highest BCUT2D eigenvalue weighted by atomic mass is 16.5. The standard InChI is InChI=1S/C17H20N2O4/c1-11(2)23-15-7-5-13(9-16(15)21-4)6-8-17(20)18-14-10-22-19-12(14)3/h5-11H,1-4H3,(H,18,20)/b8-6+. The molecule has 6 nitrogen and oxygen atoms in total. The number of nitrogens with zero attached hydrogens (tertiary/aromatic N) is 1. The molecule has 0 bridgehead atoms. The van der Waals surface area contributed by atoms with Gasteiger partial charge in [-0.3, -0.25) is 4.79 Å². The molecule has 0 atom stereocenters. The van der Waals surface area contributed by atoms with Crippen molar-refractivity contribution in [1.82, 2.24) is 5.16 Å². The zero-order valence-corrected chi connectivity index (χ0v) is 13.6. The van der Waals surface area contributed by atoms with E-state index < -0.39 is 0 Å². The lowest BCUT2D eigenvalue weighted by Crippen LogP contribution is -2.08. The van der Waals surface area contributed by atoms with Gasteiger partial charge in [-0.15, -0.1) is 0 Å². The minimum Gasteiger partial charge on any atom is -0.493 e. The Morgan fingerprint density at radius 3 is 2.74 bits per heavy atom. The molecule has 1 aromatic heterocycles. The highest BCUT2D eigenvalue weighted by Crippen LogP contribution is 2.29. The van der Waals surface area contributed by atoms with E-state index in [9.17, 15) is 4.79 Å². The molecule has 1 heterocycles. The van der Waals surface area contributed by atoms with E-state index in [1.165, 1.54) is 12.3 Å². The average molecular weight is 316 g/mol. The number of carbonyl (C=O) groups excluding carboxylic acids is 1. The third-order valence-corrected chi connectivity index (χ3v) is 2.99. The number of aryl methyl sites for hydroxylation is 1. The van der Waals surface area contributed by atoms with Crippen LogP contribution in [0.15, 0.2) is 35.1 Å². The summed E-state index contributed by atoms with van der Waals surface area (Å²) >= 11 is 0. The van der Waals surface area contributed by atoms with Gasteiger partial charge >= 0.3 is 0 Å². The van der Waals surface area contributed by atoms with E-state index in [2.05, 4.69) is 10.5 Å². The lowest BCUT2D eigenvalue weighted by Gasteiger charge is -2.13. The predicted molar refractivity (Wildman–Crippen MR) is 87.7 cm³/mol. The van der Waals surface area contributed by atoms with Crippen LogP contribution in [0.3, 0.4) is 0 Å². The first-order chi connectivity index (χ1) is 11.0. The summed E-state index contributed by atoms with van der Waals surface area (Å²) in [6.07, 6.45) is 4.58. The maximum Gasteiger partial charge on any atom is 0.248 e. The molecule has 2 rings (SSSR count). The molecule has 1 amide bonds. The number of hydrogen-bond acceptors (Lipinski definition) is 5. The van der Waals surface area contributed by atoms with Gasteiger partial charge < -0.3 is 19.3 Å². The van der Waals surface area contributed by atoms with E-state index in [0.717, 1.165) is 5.56 Å². The number of hydrogen-bond donors (Lipinski definition) is 1. The number of carbonyl (C=O) groups is 1. The lowest BCUT2D eigenvalue weighted by molar-refractivity contribution is -0.111. The Bertz CT molecular complexity index is 704. The van der Waals surface area contributed by atoms with Crippen LogP contribution in [0.25, 0.3) is 6.08 Å². The molecule has 2 aromatic rings. The van der Waals surface area contributed by atoms with E-state index >= 15 is 0 Å². The molecule has 0 fully saturated rings. The summed E-state index contributed by atoms with van der Waals surface area (Å²) in [5, 5.41) is 6.39. The van der Waals surface area contributed by atoms with Crippen LogP contribution in [0.4, 0.5) is 5.69 Å². The Labute approximate surface area is 135 Å². The van der Waals surface area contributed by atoms with Crippen molar-refractivity contribution in [3.05, 3.63) is 41.8 Å². The normalized spacial score (nSPS) is 11.0. The molecule has 6 heteroatoms. The van der Waals surface area contributed by atoms with Crippen molar-refractivity contribution in [2.75, 3.05) is 12.4 Å². The van der Waals surface area contributed by atoms with Crippen LogP contribution in [-0.4, -0.2) is 24.3 Å². The number of methoxy groups -OCH3 is 1. The van der Waals surface area contributed by atoms with Gasteiger partial charge in [0.2, 0.25) is 5.91 Å². The van der Waals surface area contributed by atoms with Crippen LogP contribution >= 0.6 is 0 Å².